The van der Waals surface area contributed by atoms with Gasteiger partial charge in [-0.25, -0.2) is 0 Å². The van der Waals surface area contributed by atoms with Gasteiger partial charge in [-0.15, -0.1) is 0 Å². The van der Waals surface area contributed by atoms with Gasteiger partial charge in [0.15, 0.2) is 11.5 Å². The van der Waals surface area contributed by atoms with Crippen molar-refractivity contribution < 1.29 is 19.7 Å². The first-order valence-electron chi connectivity index (χ1n) is 5.98. The van der Waals surface area contributed by atoms with Crippen LogP contribution in [0.3, 0.4) is 0 Å². The fraction of sp³-hybridized carbons (Fsp3) is 0.462. The standard InChI is InChI=1S/C13H19NO4/c1-2-3-6-18-13(17)10(8-14)9-4-5-11(15)12(16)7-9/h4-5,7,10,15-16H,2-3,6,8,14H2,1H3. The van der Waals surface area contributed by atoms with E-state index in [9.17, 15) is 15.0 Å². The zero-order valence-corrected chi connectivity index (χ0v) is 10.4. The number of unbranched alkanes of at least 4 members (excludes halogenated alkanes) is 1. The number of nitrogens with two attached hydrogens (primary N) is 1. The third-order valence-electron chi connectivity index (χ3n) is 2.66. The van der Waals surface area contributed by atoms with E-state index < -0.39 is 11.9 Å². The van der Waals surface area contributed by atoms with Crippen LogP contribution in [-0.2, 0) is 9.53 Å². The molecule has 0 saturated carbocycles. The quantitative estimate of drug-likeness (QED) is 0.405. The van der Waals surface area contributed by atoms with Crippen molar-refractivity contribution in [3.63, 3.8) is 0 Å². The Labute approximate surface area is 106 Å². The Hall–Kier alpha value is -1.75. The van der Waals surface area contributed by atoms with Crippen LogP contribution in [0.15, 0.2) is 18.2 Å². The molecule has 5 nitrogen and oxygen atoms in total. The van der Waals surface area contributed by atoms with Crippen LogP contribution >= 0.6 is 0 Å². The molecule has 0 aliphatic heterocycles. The summed E-state index contributed by atoms with van der Waals surface area (Å²) in [6, 6.07) is 4.20. The number of hydrogen-bond donors (Lipinski definition) is 3. The highest BCUT2D eigenvalue weighted by atomic mass is 16.5. The molecule has 0 amide bonds. The first-order chi connectivity index (χ1) is 8.60. The second kappa shape index (κ2) is 6.86. The van der Waals surface area contributed by atoms with Crippen molar-refractivity contribution in [1.29, 1.82) is 0 Å². The SMILES string of the molecule is CCCCOC(=O)C(CN)c1ccc(O)c(O)c1. The molecule has 0 bridgehead atoms. The monoisotopic (exact) mass is 253 g/mol. The lowest BCUT2D eigenvalue weighted by Crippen LogP contribution is -2.24. The van der Waals surface area contributed by atoms with Gasteiger partial charge < -0.3 is 20.7 Å². The smallest absolute Gasteiger partial charge is 0.314 e. The second-order valence-corrected chi connectivity index (χ2v) is 4.06. The summed E-state index contributed by atoms with van der Waals surface area (Å²) in [5.74, 6) is -1.52. The Kier molecular flexibility index (Phi) is 5.45. The van der Waals surface area contributed by atoms with Gasteiger partial charge in [-0.05, 0) is 24.1 Å². The summed E-state index contributed by atoms with van der Waals surface area (Å²) in [4.78, 5) is 11.8. The summed E-state index contributed by atoms with van der Waals surface area (Å²) in [7, 11) is 0. The van der Waals surface area contributed by atoms with E-state index in [1.54, 1.807) is 6.07 Å². The number of ether oxygens (including phenoxy) is 1. The number of hydrogen-bond acceptors (Lipinski definition) is 5. The molecule has 1 aromatic carbocycles. The zero-order chi connectivity index (χ0) is 13.5. The molecule has 4 N–H and O–H groups in total. The minimum absolute atomic E-state index is 0.0924. The van der Waals surface area contributed by atoms with Gasteiger partial charge in [-0.2, -0.15) is 0 Å². The molecule has 0 radical (unpaired) electrons. The molecule has 1 aromatic rings. The highest BCUT2D eigenvalue weighted by Crippen LogP contribution is 2.28. The topological polar surface area (TPSA) is 92.8 Å². The molecule has 0 fully saturated rings. The van der Waals surface area contributed by atoms with Gasteiger partial charge >= 0.3 is 5.97 Å². The molecular formula is C13H19NO4. The Morgan fingerprint density at radius 2 is 2.11 bits per heavy atom. The highest BCUT2D eigenvalue weighted by Gasteiger charge is 2.21. The van der Waals surface area contributed by atoms with E-state index in [0.717, 1.165) is 12.8 Å². The Morgan fingerprint density at radius 1 is 1.39 bits per heavy atom. The first kappa shape index (κ1) is 14.3. The van der Waals surface area contributed by atoms with Crippen molar-refractivity contribution >= 4 is 5.97 Å². The van der Waals surface area contributed by atoms with Gasteiger partial charge in [0.1, 0.15) is 0 Å². The van der Waals surface area contributed by atoms with Crippen LogP contribution in [0.2, 0.25) is 0 Å². The molecule has 0 aliphatic rings. The Morgan fingerprint density at radius 3 is 2.67 bits per heavy atom. The van der Waals surface area contributed by atoms with E-state index in [-0.39, 0.29) is 18.0 Å². The molecule has 0 heterocycles. The third-order valence-corrected chi connectivity index (χ3v) is 2.66. The first-order valence-corrected chi connectivity index (χ1v) is 5.98. The van der Waals surface area contributed by atoms with E-state index in [1.807, 2.05) is 6.92 Å². The average molecular weight is 253 g/mol. The number of phenols is 2. The number of carbonyl (C=O) groups is 1. The van der Waals surface area contributed by atoms with Crippen LogP contribution in [0, 0.1) is 0 Å². The predicted octanol–water partition coefficient (Wildman–Crippen LogP) is 1.48. The summed E-state index contributed by atoms with van der Waals surface area (Å²) >= 11 is 0. The minimum atomic E-state index is -0.617. The molecule has 0 aliphatic carbocycles. The van der Waals surface area contributed by atoms with E-state index >= 15 is 0 Å². The van der Waals surface area contributed by atoms with Gasteiger partial charge in [0, 0.05) is 6.54 Å². The normalized spacial score (nSPS) is 12.1. The summed E-state index contributed by atoms with van der Waals surface area (Å²) < 4.78 is 5.10. The van der Waals surface area contributed by atoms with Crippen LogP contribution in [0.4, 0.5) is 0 Å². The van der Waals surface area contributed by atoms with Crippen molar-refractivity contribution in [1.82, 2.24) is 0 Å². The lowest BCUT2D eigenvalue weighted by atomic mass is 9.99. The number of benzene rings is 1. The fourth-order valence-electron chi connectivity index (χ4n) is 1.54. The number of esters is 1. The molecule has 18 heavy (non-hydrogen) atoms. The Bertz CT molecular complexity index is 406. The Balaban J connectivity index is 2.75. The van der Waals surface area contributed by atoms with Crippen LogP contribution in [-0.4, -0.2) is 29.3 Å². The van der Waals surface area contributed by atoms with Crippen molar-refractivity contribution in [2.75, 3.05) is 13.2 Å². The molecule has 1 unspecified atom stereocenters. The molecule has 100 valence electrons. The van der Waals surface area contributed by atoms with Gasteiger partial charge in [-0.3, -0.25) is 4.79 Å². The zero-order valence-electron chi connectivity index (χ0n) is 10.4. The summed E-state index contributed by atoms with van der Waals surface area (Å²) in [6.45, 7) is 2.47. The molecule has 0 saturated heterocycles. The molecule has 0 spiro atoms. The minimum Gasteiger partial charge on any atom is -0.504 e. The summed E-state index contributed by atoms with van der Waals surface area (Å²) in [5, 5.41) is 18.6. The van der Waals surface area contributed by atoms with Crippen molar-refractivity contribution in [3.8, 4) is 11.5 Å². The molecule has 5 heteroatoms. The molecular weight excluding hydrogens is 234 g/mol. The fourth-order valence-corrected chi connectivity index (χ4v) is 1.54. The number of carbonyl (C=O) groups excluding carboxylic acids is 1. The third kappa shape index (κ3) is 3.63. The maximum Gasteiger partial charge on any atom is 0.314 e. The maximum absolute atomic E-state index is 11.8. The van der Waals surface area contributed by atoms with Crippen LogP contribution in [0.5, 0.6) is 11.5 Å². The lowest BCUT2D eigenvalue weighted by molar-refractivity contribution is -0.145. The summed E-state index contributed by atoms with van der Waals surface area (Å²) in [5.41, 5.74) is 6.09. The summed E-state index contributed by atoms with van der Waals surface area (Å²) in [6.07, 6.45) is 1.75. The predicted molar refractivity (Wildman–Crippen MR) is 67.4 cm³/mol. The average Bonchev–Trinajstić information content (AvgIpc) is 2.35. The number of aromatic hydroxyl groups is 2. The molecule has 0 aromatic heterocycles. The van der Waals surface area contributed by atoms with Gasteiger partial charge in [0.05, 0.1) is 12.5 Å². The maximum atomic E-state index is 11.8. The van der Waals surface area contributed by atoms with Gasteiger partial charge in [-0.1, -0.05) is 19.4 Å². The van der Waals surface area contributed by atoms with Crippen LogP contribution < -0.4 is 5.73 Å². The van der Waals surface area contributed by atoms with Gasteiger partial charge in [0.25, 0.3) is 0 Å². The van der Waals surface area contributed by atoms with Crippen LogP contribution in [0.1, 0.15) is 31.2 Å². The van der Waals surface area contributed by atoms with E-state index in [4.69, 9.17) is 10.5 Å². The highest BCUT2D eigenvalue weighted by molar-refractivity contribution is 5.78. The molecule has 1 rings (SSSR count). The molecule has 1 atom stereocenters. The van der Waals surface area contributed by atoms with E-state index in [1.165, 1.54) is 12.1 Å². The van der Waals surface area contributed by atoms with E-state index in [0.29, 0.717) is 12.2 Å². The lowest BCUT2D eigenvalue weighted by Gasteiger charge is -2.14. The van der Waals surface area contributed by atoms with E-state index in [2.05, 4.69) is 0 Å². The largest absolute Gasteiger partial charge is 0.504 e. The van der Waals surface area contributed by atoms with Crippen molar-refractivity contribution in [2.24, 2.45) is 5.73 Å². The van der Waals surface area contributed by atoms with Crippen molar-refractivity contribution in [3.05, 3.63) is 23.8 Å². The van der Waals surface area contributed by atoms with Crippen molar-refractivity contribution in [2.45, 2.75) is 25.7 Å². The number of phenolic OH excluding ortho intramolecular Hbond substituents is 2. The van der Waals surface area contributed by atoms with Gasteiger partial charge in [0.2, 0.25) is 0 Å². The van der Waals surface area contributed by atoms with Crippen LogP contribution in [0.25, 0.3) is 0 Å². The second-order valence-electron chi connectivity index (χ2n) is 4.06. The number of rotatable bonds is 6.